The Balaban J connectivity index is 0.00000289. The average Bonchev–Trinajstić information content (AvgIpc) is 3.38. The van der Waals surface area contributed by atoms with Gasteiger partial charge in [0.1, 0.15) is 5.82 Å². The highest BCUT2D eigenvalue weighted by Gasteiger charge is 2.23. The van der Waals surface area contributed by atoms with E-state index in [1.807, 2.05) is 36.7 Å². The van der Waals surface area contributed by atoms with Gasteiger partial charge in [-0.2, -0.15) is 0 Å². The van der Waals surface area contributed by atoms with Crippen LogP contribution in [-0.2, 0) is 20.1 Å². The van der Waals surface area contributed by atoms with Gasteiger partial charge in [-0.3, -0.25) is 0 Å². The molecule has 1 aliphatic heterocycles. The zero-order valence-electron chi connectivity index (χ0n) is 19.0. The number of halogens is 1. The number of hydrogen-bond donors (Lipinski definition) is 2. The SMILES string of the molecule is Cc1ccc(N2CCC(NC(=NCc3ccccc3)NCc3nnc(C)n3C)C2)cc1.I. The number of rotatable bonds is 6. The number of benzene rings is 2. The fourth-order valence-electron chi connectivity index (χ4n) is 3.74. The van der Waals surface area contributed by atoms with E-state index in [2.05, 4.69) is 69.1 Å². The van der Waals surface area contributed by atoms with Gasteiger partial charge in [0.15, 0.2) is 11.8 Å². The normalized spacial score (nSPS) is 16.0. The Hall–Kier alpha value is -2.62. The minimum absolute atomic E-state index is 0. The van der Waals surface area contributed by atoms with Crippen molar-refractivity contribution in [2.24, 2.45) is 12.0 Å². The van der Waals surface area contributed by atoms with E-state index in [-0.39, 0.29) is 24.0 Å². The van der Waals surface area contributed by atoms with Crippen molar-refractivity contribution in [1.29, 1.82) is 0 Å². The lowest BCUT2D eigenvalue weighted by molar-refractivity contribution is 0.637. The molecule has 1 saturated heterocycles. The van der Waals surface area contributed by atoms with Crippen LogP contribution in [0.4, 0.5) is 5.69 Å². The number of nitrogens with zero attached hydrogens (tertiary/aromatic N) is 5. The van der Waals surface area contributed by atoms with Gasteiger partial charge in [0.05, 0.1) is 13.1 Å². The van der Waals surface area contributed by atoms with Gasteiger partial charge in [-0.25, -0.2) is 4.99 Å². The predicted molar refractivity (Wildman–Crippen MR) is 141 cm³/mol. The van der Waals surface area contributed by atoms with Crippen LogP contribution in [0.5, 0.6) is 0 Å². The molecular weight excluding hydrogens is 513 g/mol. The van der Waals surface area contributed by atoms with Crippen LogP contribution in [0.1, 0.15) is 29.2 Å². The monoisotopic (exact) mass is 545 g/mol. The molecule has 0 radical (unpaired) electrons. The first kappa shape index (κ1) is 24.0. The first-order valence-corrected chi connectivity index (χ1v) is 10.8. The van der Waals surface area contributed by atoms with E-state index in [0.717, 1.165) is 37.1 Å². The van der Waals surface area contributed by atoms with E-state index in [4.69, 9.17) is 4.99 Å². The second-order valence-electron chi connectivity index (χ2n) is 8.14. The molecular formula is C24H32IN7. The number of aryl methyl sites for hydroxylation is 2. The van der Waals surface area contributed by atoms with Crippen molar-refractivity contribution in [2.75, 3.05) is 18.0 Å². The standard InChI is InChI=1S/C24H31N7.HI/c1-18-9-11-22(12-10-18)31-14-13-21(17-31)27-24(25-15-20-7-5-4-6-8-20)26-16-23-29-28-19(2)30(23)3;/h4-12,21H,13-17H2,1-3H3,(H2,25,26,27);1H. The van der Waals surface area contributed by atoms with Crippen molar-refractivity contribution in [3.05, 3.63) is 77.4 Å². The minimum Gasteiger partial charge on any atom is -0.369 e. The maximum absolute atomic E-state index is 4.84. The molecule has 3 aromatic rings. The maximum Gasteiger partial charge on any atom is 0.192 e. The molecule has 0 amide bonds. The molecule has 7 nitrogen and oxygen atoms in total. The van der Waals surface area contributed by atoms with E-state index in [1.54, 1.807) is 0 Å². The predicted octanol–water partition coefficient (Wildman–Crippen LogP) is 3.56. The molecule has 0 saturated carbocycles. The van der Waals surface area contributed by atoms with Gasteiger partial charge < -0.3 is 20.1 Å². The lowest BCUT2D eigenvalue weighted by atomic mass is 10.2. The molecule has 4 rings (SSSR count). The second kappa shape index (κ2) is 11.3. The highest BCUT2D eigenvalue weighted by molar-refractivity contribution is 14.0. The number of anilines is 1. The molecule has 1 aliphatic rings. The molecule has 32 heavy (non-hydrogen) atoms. The van der Waals surface area contributed by atoms with Crippen molar-refractivity contribution in [1.82, 2.24) is 25.4 Å². The summed E-state index contributed by atoms with van der Waals surface area (Å²) in [6, 6.07) is 19.4. The second-order valence-corrected chi connectivity index (χ2v) is 8.14. The fraction of sp³-hybridized carbons (Fsp3) is 0.375. The third kappa shape index (κ3) is 6.21. The van der Waals surface area contributed by atoms with Crippen molar-refractivity contribution in [3.8, 4) is 0 Å². The molecule has 8 heteroatoms. The molecule has 0 bridgehead atoms. The van der Waals surface area contributed by atoms with E-state index >= 15 is 0 Å². The van der Waals surface area contributed by atoms with E-state index in [9.17, 15) is 0 Å². The van der Waals surface area contributed by atoms with Gasteiger partial charge in [0.2, 0.25) is 0 Å². The summed E-state index contributed by atoms with van der Waals surface area (Å²) >= 11 is 0. The lowest BCUT2D eigenvalue weighted by Gasteiger charge is -2.21. The fourth-order valence-corrected chi connectivity index (χ4v) is 3.74. The van der Waals surface area contributed by atoms with Crippen LogP contribution in [0, 0.1) is 13.8 Å². The largest absolute Gasteiger partial charge is 0.369 e. The topological polar surface area (TPSA) is 70.4 Å². The summed E-state index contributed by atoms with van der Waals surface area (Å²) in [5, 5.41) is 15.5. The Labute approximate surface area is 207 Å². The van der Waals surface area contributed by atoms with Gasteiger partial charge in [-0.15, -0.1) is 34.2 Å². The van der Waals surface area contributed by atoms with Crippen LogP contribution in [0.25, 0.3) is 0 Å². The molecule has 1 atom stereocenters. The molecule has 1 fully saturated rings. The van der Waals surface area contributed by atoms with E-state index < -0.39 is 0 Å². The van der Waals surface area contributed by atoms with Crippen LogP contribution >= 0.6 is 24.0 Å². The smallest absolute Gasteiger partial charge is 0.192 e. The van der Waals surface area contributed by atoms with Crippen LogP contribution < -0.4 is 15.5 Å². The number of nitrogens with one attached hydrogen (secondary N) is 2. The summed E-state index contributed by atoms with van der Waals surface area (Å²) < 4.78 is 2.00. The molecule has 170 valence electrons. The van der Waals surface area contributed by atoms with Crippen LogP contribution in [0.3, 0.4) is 0 Å². The summed E-state index contributed by atoms with van der Waals surface area (Å²) in [6.45, 7) is 7.28. The van der Waals surface area contributed by atoms with Gasteiger partial charge in [0.25, 0.3) is 0 Å². The Morgan fingerprint density at radius 1 is 1.06 bits per heavy atom. The molecule has 2 heterocycles. The molecule has 1 unspecified atom stereocenters. The first-order valence-electron chi connectivity index (χ1n) is 10.8. The van der Waals surface area contributed by atoms with Crippen molar-refractivity contribution in [3.63, 3.8) is 0 Å². The molecule has 2 aromatic carbocycles. The third-order valence-corrected chi connectivity index (χ3v) is 5.79. The van der Waals surface area contributed by atoms with E-state index in [0.29, 0.717) is 19.1 Å². The molecule has 0 aliphatic carbocycles. The van der Waals surface area contributed by atoms with Gasteiger partial charge in [0, 0.05) is 31.9 Å². The Kier molecular flexibility index (Phi) is 8.49. The Morgan fingerprint density at radius 3 is 2.50 bits per heavy atom. The summed E-state index contributed by atoms with van der Waals surface area (Å²) in [7, 11) is 1.98. The zero-order chi connectivity index (χ0) is 21.6. The zero-order valence-corrected chi connectivity index (χ0v) is 21.3. The van der Waals surface area contributed by atoms with Crippen molar-refractivity contribution in [2.45, 2.75) is 39.4 Å². The van der Waals surface area contributed by atoms with Crippen molar-refractivity contribution < 1.29 is 0 Å². The first-order chi connectivity index (χ1) is 15.1. The number of aliphatic imine (C=N–C) groups is 1. The number of guanidine groups is 1. The molecule has 2 N–H and O–H groups in total. The van der Waals surface area contributed by atoms with Crippen molar-refractivity contribution >= 4 is 35.6 Å². The maximum atomic E-state index is 4.84. The van der Waals surface area contributed by atoms with Gasteiger partial charge in [-0.05, 0) is 38.0 Å². The third-order valence-electron chi connectivity index (χ3n) is 5.79. The Morgan fingerprint density at radius 2 is 1.81 bits per heavy atom. The van der Waals surface area contributed by atoms with Crippen LogP contribution in [0.15, 0.2) is 59.6 Å². The number of aromatic nitrogens is 3. The highest BCUT2D eigenvalue weighted by Crippen LogP contribution is 2.20. The molecule has 1 aromatic heterocycles. The van der Waals surface area contributed by atoms with Gasteiger partial charge in [-0.1, -0.05) is 48.0 Å². The molecule has 0 spiro atoms. The van der Waals surface area contributed by atoms with E-state index in [1.165, 1.54) is 16.8 Å². The average molecular weight is 545 g/mol. The number of hydrogen-bond acceptors (Lipinski definition) is 4. The summed E-state index contributed by atoms with van der Waals surface area (Å²) in [5.41, 5.74) is 3.75. The van der Waals surface area contributed by atoms with Crippen LogP contribution in [-0.4, -0.2) is 39.9 Å². The highest BCUT2D eigenvalue weighted by atomic mass is 127. The summed E-state index contributed by atoms with van der Waals surface area (Å²) in [5.74, 6) is 2.59. The Bertz CT molecular complexity index is 1010. The van der Waals surface area contributed by atoms with Crippen LogP contribution in [0.2, 0.25) is 0 Å². The minimum atomic E-state index is 0. The summed E-state index contributed by atoms with van der Waals surface area (Å²) in [4.78, 5) is 7.27. The lowest BCUT2D eigenvalue weighted by Crippen LogP contribution is -2.44. The summed E-state index contributed by atoms with van der Waals surface area (Å²) in [6.07, 6.45) is 1.07. The van der Waals surface area contributed by atoms with Gasteiger partial charge >= 0.3 is 0 Å². The quantitative estimate of drug-likeness (QED) is 0.282.